The van der Waals surface area contributed by atoms with Crippen molar-refractivity contribution in [3.05, 3.63) is 59.7 Å². The summed E-state index contributed by atoms with van der Waals surface area (Å²) in [6.07, 6.45) is 2.25. The van der Waals surface area contributed by atoms with E-state index in [1.54, 1.807) is 24.3 Å². The van der Waals surface area contributed by atoms with E-state index in [-0.39, 0.29) is 36.5 Å². The highest BCUT2D eigenvalue weighted by molar-refractivity contribution is 7.98. The van der Waals surface area contributed by atoms with Crippen LogP contribution in [0.3, 0.4) is 0 Å². The van der Waals surface area contributed by atoms with Crippen LogP contribution in [-0.2, 0) is 32.0 Å². The number of nitrogens with two attached hydrogens (primary N) is 1. The smallest absolute Gasteiger partial charge is 0.326 e. The van der Waals surface area contributed by atoms with Gasteiger partial charge in [0.2, 0.25) is 17.7 Å². The first-order valence-electron chi connectivity index (χ1n) is 12.1. The number of carbonyl (C=O) groups is 4. The van der Waals surface area contributed by atoms with Crippen LogP contribution in [0.2, 0.25) is 0 Å². The van der Waals surface area contributed by atoms with Crippen LogP contribution in [0.4, 0.5) is 0 Å². The maximum absolute atomic E-state index is 13.1. The number of phenols is 2. The summed E-state index contributed by atoms with van der Waals surface area (Å²) < 4.78 is 0. The number of hydrogen-bond donors (Lipinski definition) is 8. The van der Waals surface area contributed by atoms with Gasteiger partial charge in [0.05, 0.1) is 6.04 Å². The minimum atomic E-state index is -1.29. The third-order valence-corrected chi connectivity index (χ3v) is 6.79. The number of carbonyl (C=O) groups excluding carboxylic acids is 3. The molecule has 11 nitrogen and oxygen atoms in total. The largest absolute Gasteiger partial charge is 0.508 e. The molecule has 4 unspecified atom stereocenters. The lowest BCUT2D eigenvalue weighted by molar-refractivity contribution is -0.142. The predicted molar refractivity (Wildman–Crippen MR) is 152 cm³/mol. The standard InChI is InChI=1S/C26H34N4O7S2/c1-39-11-10-20(28-23(33)19(27)12-15-2-6-17(31)7-3-15)24(34)30-22(14-38)25(35)29-21(26(36)37)13-16-4-8-18(32)9-5-16/h2-9,19-22,31-32,38H,10-14,27H2,1H3,(H,28,33)(H,29,35)(H,30,34)(H,36,37). The van der Waals surface area contributed by atoms with Gasteiger partial charge in [-0.25, -0.2) is 4.79 Å². The molecule has 0 aromatic heterocycles. The van der Waals surface area contributed by atoms with E-state index in [4.69, 9.17) is 5.73 Å². The zero-order chi connectivity index (χ0) is 28.9. The van der Waals surface area contributed by atoms with E-state index < -0.39 is 47.9 Å². The van der Waals surface area contributed by atoms with E-state index in [0.29, 0.717) is 11.3 Å². The maximum atomic E-state index is 13.1. The van der Waals surface area contributed by atoms with Gasteiger partial charge in [-0.2, -0.15) is 24.4 Å². The van der Waals surface area contributed by atoms with Crippen LogP contribution in [-0.4, -0.2) is 80.9 Å². The SMILES string of the molecule is CSCCC(NC(=O)C(N)Cc1ccc(O)cc1)C(=O)NC(CS)C(=O)NC(Cc1ccc(O)cc1)C(=O)O. The highest BCUT2D eigenvalue weighted by Gasteiger charge is 2.29. The Kier molecular flexibility index (Phi) is 12.9. The summed E-state index contributed by atoms with van der Waals surface area (Å²) in [6, 6.07) is 7.75. The van der Waals surface area contributed by atoms with E-state index in [1.165, 1.54) is 36.0 Å². The first-order valence-corrected chi connectivity index (χ1v) is 14.1. The topological polar surface area (TPSA) is 191 Å². The van der Waals surface area contributed by atoms with E-state index in [1.807, 2.05) is 6.26 Å². The fourth-order valence-corrected chi connectivity index (χ4v) is 4.30. The molecule has 0 heterocycles. The zero-order valence-corrected chi connectivity index (χ0v) is 23.1. The van der Waals surface area contributed by atoms with Crippen LogP contribution < -0.4 is 21.7 Å². The molecule has 0 saturated heterocycles. The van der Waals surface area contributed by atoms with Gasteiger partial charge in [0, 0.05) is 12.2 Å². The third-order valence-electron chi connectivity index (χ3n) is 5.78. The first kappa shape index (κ1) is 31.8. The molecular weight excluding hydrogens is 544 g/mol. The van der Waals surface area contributed by atoms with E-state index >= 15 is 0 Å². The number of carboxylic acid groups (broad SMARTS) is 1. The minimum Gasteiger partial charge on any atom is -0.508 e. The first-order chi connectivity index (χ1) is 18.5. The number of aliphatic carboxylic acids is 1. The van der Waals surface area contributed by atoms with Gasteiger partial charge in [-0.1, -0.05) is 24.3 Å². The highest BCUT2D eigenvalue weighted by atomic mass is 32.2. The van der Waals surface area contributed by atoms with Crippen molar-refractivity contribution in [2.75, 3.05) is 17.8 Å². The number of hydrogen-bond acceptors (Lipinski definition) is 9. The molecule has 13 heteroatoms. The molecule has 3 amide bonds. The van der Waals surface area contributed by atoms with Crippen molar-refractivity contribution < 1.29 is 34.5 Å². The van der Waals surface area contributed by atoms with Gasteiger partial charge >= 0.3 is 5.97 Å². The fraction of sp³-hybridized carbons (Fsp3) is 0.385. The lowest BCUT2D eigenvalue weighted by Gasteiger charge is -2.24. The number of amides is 3. The van der Waals surface area contributed by atoms with Crippen LogP contribution in [0.25, 0.3) is 0 Å². The molecule has 39 heavy (non-hydrogen) atoms. The third kappa shape index (κ3) is 10.7. The Morgan fingerprint density at radius 3 is 1.74 bits per heavy atom. The Hall–Kier alpha value is -3.42. The molecular formula is C26H34N4O7S2. The molecule has 0 aliphatic carbocycles. The predicted octanol–water partition coefficient (Wildman–Crippen LogP) is 0.432. The van der Waals surface area contributed by atoms with Crippen molar-refractivity contribution in [1.82, 2.24) is 16.0 Å². The van der Waals surface area contributed by atoms with E-state index in [9.17, 15) is 34.5 Å². The molecule has 212 valence electrons. The Bertz CT molecular complexity index is 1120. The molecule has 2 aromatic rings. The normalized spacial score (nSPS) is 13.9. The van der Waals surface area contributed by atoms with Crippen molar-refractivity contribution in [2.45, 2.75) is 43.4 Å². The Labute approximate surface area is 236 Å². The number of aromatic hydroxyl groups is 2. The van der Waals surface area contributed by atoms with Crippen LogP contribution in [0.5, 0.6) is 11.5 Å². The minimum absolute atomic E-state index is 0.0249. The molecule has 2 rings (SSSR count). The van der Waals surface area contributed by atoms with Crippen molar-refractivity contribution in [3.63, 3.8) is 0 Å². The van der Waals surface area contributed by atoms with E-state index in [0.717, 1.165) is 5.56 Å². The number of carboxylic acids is 1. The molecule has 2 aromatic carbocycles. The molecule has 8 N–H and O–H groups in total. The number of rotatable bonds is 15. The van der Waals surface area contributed by atoms with Crippen LogP contribution >= 0.6 is 24.4 Å². The van der Waals surface area contributed by atoms with Gasteiger partial charge < -0.3 is 37.0 Å². The van der Waals surface area contributed by atoms with Crippen molar-refractivity contribution in [1.29, 1.82) is 0 Å². The second kappa shape index (κ2) is 15.9. The summed E-state index contributed by atoms with van der Waals surface area (Å²) in [5.41, 5.74) is 7.35. The Morgan fingerprint density at radius 2 is 1.26 bits per heavy atom. The summed E-state index contributed by atoms with van der Waals surface area (Å²) in [5, 5.41) is 36.0. The molecule has 0 aliphatic heterocycles. The number of thioether (sulfide) groups is 1. The van der Waals surface area contributed by atoms with Gasteiger partial charge in [0.25, 0.3) is 0 Å². The summed E-state index contributed by atoms with van der Waals surface area (Å²) in [4.78, 5) is 50.4. The molecule has 0 bridgehead atoms. The number of phenolic OH excluding ortho intramolecular Hbond substituents is 2. The Balaban J connectivity index is 2.03. The number of nitrogens with one attached hydrogen (secondary N) is 3. The summed E-state index contributed by atoms with van der Waals surface area (Å²) >= 11 is 5.61. The molecule has 4 atom stereocenters. The van der Waals surface area contributed by atoms with Gasteiger partial charge in [-0.3, -0.25) is 14.4 Å². The van der Waals surface area contributed by atoms with Gasteiger partial charge in [0.15, 0.2) is 0 Å². The van der Waals surface area contributed by atoms with Crippen molar-refractivity contribution in [3.8, 4) is 11.5 Å². The highest BCUT2D eigenvalue weighted by Crippen LogP contribution is 2.13. The van der Waals surface area contributed by atoms with E-state index in [2.05, 4.69) is 28.6 Å². The quantitative estimate of drug-likeness (QED) is 0.139. The van der Waals surface area contributed by atoms with Gasteiger partial charge in [-0.15, -0.1) is 0 Å². The summed E-state index contributed by atoms with van der Waals surface area (Å²) in [7, 11) is 0. The number of thiol groups is 1. The van der Waals surface area contributed by atoms with Crippen LogP contribution in [0.1, 0.15) is 17.5 Å². The van der Waals surface area contributed by atoms with Crippen LogP contribution in [0, 0.1) is 0 Å². The number of benzene rings is 2. The lowest BCUT2D eigenvalue weighted by Crippen LogP contribution is -2.58. The average molecular weight is 579 g/mol. The van der Waals surface area contributed by atoms with Gasteiger partial charge in [0.1, 0.15) is 29.6 Å². The average Bonchev–Trinajstić information content (AvgIpc) is 2.91. The molecule has 0 saturated carbocycles. The summed E-state index contributed by atoms with van der Waals surface area (Å²) in [5.74, 6) is -2.67. The fourth-order valence-electron chi connectivity index (χ4n) is 3.57. The Morgan fingerprint density at radius 1 is 0.795 bits per heavy atom. The van der Waals surface area contributed by atoms with Gasteiger partial charge in [-0.05, 0) is 60.2 Å². The molecule has 0 aliphatic rings. The second-order valence-electron chi connectivity index (χ2n) is 8.83. The van der Waals surface area contributed by atoms with Crippen molar-refractivity contribution >= 4 is 48.1 Å². The van der Waals surface area contributed by atoms with Crippen LogP contribution in [0.15, 0.2) is 48.5 Å². The maximum Gasteiger partial charge on any atom is 0.326 e. The monoisotopic (exact) mass is 578 g/mol. The zero-order valence-electron chi connectivity index (χ0n) is 21.4. The molecule has 0 spiro atoms. The van der Waals surface area contributed by atoms with Crippen molar-refractivity contribution in [2.24, 2.45) is 5.73 Å². The lowest BCUT2D eigenvalue weighted by atomic mass is 10.0. The molecule has 0 fully saturated rings. The second-order valence-corrected chi connectivity index (χ2v) is 10.2. The summed E-state index contributed by atoms with van der Waals surface area (Å²) in [6.45, 7) is 0. The molecule has 0 radical (unpaired) electrons.